The molecule has 0 radical (unpaired) electrons. The minimum Gasteiger partial charge on any atom is -0.373 e. The number of hydrogen-bond donors (Lipinski definition) is 1. The first-order valence-electron chi connectivity index (χ1n) is 8.34. The molecular formula is C17H33NO2. The average molecular weight is 283 g/mol. The zero-order chi connectivity index (χ0) is 14.8. The normalized spacial score (nSPS) is 39.1. The third kappa shape index (κ3) is 3.96. The van der Waals surface area contributed by atoms with Gasteiger partial charge in [0, 0.05) is 6.54 Å². The first kappa shape index (κ1) is 16.3. The van der Waals surface area contributed by atoms with Gasteiger partial charge in [-0.3, -0.25) is 0 Å². The fourth-order valence-electron chi connectivity index (χ4n) is 3.69. The molecule has 1 aliphatic heterocycles. The maximum atomic E-state index is 6.26. The average Bonchev–Trinajstić information content (AvgIpc) is 2.82. The van der Waals surface area contributed by atoms with Crippen LogP contribution in [0.2, 0.25) is 0 Å². The molecule has 118 valence electrons. The van der Waals surface area contributed by atoms with Gasteiger partial charge in [-0.1, -0.05) is 20.8 Å². The Morgan fingerprint density at radius 2 is 1.80 bits per heavy atom. The van der Waals surface area contributed by atoms with Gasteiger partial charge in [-0.15, -0.1) is 0 Å². The van der Waals surface area contributed by atoms with Crippen LogP contribution in [0.1, 0.15) is 66.2 Å². The van der Waals surface area contributed by atoms with Crippen molar-refractivity contribution in [2.24, 2.45) is 17.1 Å². The Kier molecular flexibility index (Phi) is 5.14. The summed E-state index contributed by atoms with van der Waals surface area (Å²) in [5.74, 6) is 0.800. The number of hydrogen-bond acceptors (Lipinski definition) is 3. The minimum absolute atomic E-state index is 0.0864. The number of ether oxygens (including phenoxy) is 2. The molecule has 2 aliphatic rings. The van der Waals surface area contributed by atoms with Gasteiger partial charge in [0.2, 0.25) is 0 Å². The van der Waals surface area contributed by atoms with Gasteiger partial charge in [-0.2, -0.15) is 0 Å². The first-order chi connectivity index (χ1) is 9.35. The summed E-state index contributed by atoms with van der Waals surface area (Å²) in [7, 11) is 0. The van der Waals surface area contributed by atoms with Crippen LogP contribution in [0.15, 0.2) is 0 Å². The van der Waals surface area contributed by atoms with Crippen LogP contribution in [0.4, 0.5) is 0 Å². The highest BCUT2D eigenvalue weighted by Gasteiger charge is 2.39. The van der Waals surface area contributed by atoms with Crippen molar-refractivity contribution in [1.82, 2.24) is 0 Å². The molecule has 0 aromatic rings. The quantitative estimate of drug-likeness (QED) is 0.858. The van der Waals surface area contributed by atoms with E-state index in [0.717, 1.165) is 38.2 Å². The summed E-state index contributed by atoms with van der Waals surface area (Å²) < 4.78 is 12.1. The van der Waals surface area contributed by atoms with Gasteiger partial charge in [0.25, 0.3) is 0 Å². The van der Waals surface area contributed by atoms with Gasteiger partial charge in [0.15, 0.2) is 0 Å². The molecule has 0 bridgehead atoms. The second-order valence-corrected chi connectivity index (χ2v) is 7.98. The molecule has 2 unspecified atom stereocenters. The van der Waals surface area contributed by atoms with E-state index in [-0.39, 0.29) is 11.7 Å². The maximum absolute atomic E-state index is 6.26. The van der Waals surface area contributed by atoms with Gasteiger partial charge in [0.1, 0.15) is 0 Å². The van der Waals surface area contributed by atoms with E-state index in [1.807, 2.05) is 0 Å². The lowest BCUT2D eigenvalue weighted by Crippen LogP contribution is -2.46. The fraction of sp³-hybridized carbons (Fsp3) is 1.00. The Labute approximate surface area is 124 Å². The summed E-state index contributed by atoms with van der Waals surface area (Å²) in [6, 6.07) is 0. The Hall–Kier alpha value is -0.120. The standard InChI is InChI=1S/C17H33NO2/c1-13-5-6-15(20-13)11-19-17(12-18)9-7-14(8-10-17)16(2,3)4/h13-15H,5-12,18H2,1-4H3. The van der Waals surface area contributed by atoms with Crippen molar-refractivity contribution in [3.63, 3.8) is 0 Å². The zero-order valence-electron chi connectivity index (χ0n) is 13.8. The molecule has 1 saturated heterocycles. The summed E-state index contributed by atoms with van der Waals surface area (Å²) in [5, 5.41) is 0. The van der Waals surface area contributed by atoms with Crippen LogP contribution in [-0.2, 0) is 9.47 Å². The van der Waals surface area contributed by atoms with Gasteiger partial charge in [-0.05, 0) is 56.8 Å². The van der Waals surface area contributed by atoms with E-state index in [2.05, 4.69) is 27.7 Å². The zero-order valence-corrected chi connectivity index (χ0v) is 13.8. The molecule has 3 nitrogen and oxygen atoms in total. The molecule has 3 heteroatoms. The van der Waals surface area contributed by atoms with Gasteiger partial charge in [0.05, 0.1) is 24.4 Å². The third-order valence-electron chi connectivity index (χ3n) is 5.39. The molecule has 0 aromatic heterocycles. The van der Waals surface area contributed by atoms with Crippen LogP contribution in [-0.4, -0.2) is 31.0 Å². The van der Waals surface area contributed by atoms with E-state index in [9.17, 15) is 0 Å². The summed E-state index contributed by atoms with van der Waals surface area (Å²) in [6.45, 7) is 10.6. The predicted molar refractivity (Wildman–Crippen MR) is 82.7 cm³/mol. The van der Waals surface area contributed by atoms with Crippen molar-refractivity contribution in [1.29, 1.82) is 0 Å². The van der Waals surface area contributed by atoms with Gasteiger partial charge in [-0.25, -0.2) is 0 Å². The van der Waals surface area contributed by atoms with Crippen LogP contribution in [0, 0.1) is 11.3 Å². The lowest BCUT2D eigenvalue weighted by molar-refractivity contribution is -0.113. The molecule has 2 N–H and O–H groups in total. The molecule has 20 heavy (non-hydrogen) atoms. The smallest absolute Gasteiger partial charge is 0.0813 e. The van der Waals surface area contributed by atoms with E-state index in [4.69, 9.17) is 15.2 Å². The predicted octanol–water partition coefficient (Wildman–Crippen LogP) is 3.50. The molecule has 1 saturated carbocycles. The summed E-state index contributed by atoms with van der Waals surface area (Å²) >= 11 is 0. The monoisotopic (exact) mass is 283 g/mol. The number of rotatable bonds is 4. The Morgan fingerprint density at radius 1 is 1.15 bits per heavy atom. The molecule has 1 aliphatic carbocycles. The largest absolute Gasteiger partial charge is 0.373 e. The molecular weight excluding hydrogens is 250 g/mol. The number of nitrogens with two attached hydrogens (primary N) is 1. The maximum Gasteiger partial charge on any atom is 0.0813 e. The van der Waals surface area contributed by atoms with Crippen molar-refractivity contribution in [2.75, 3.05) is 13.2 Å². The van der Waals surface area contributed by atoms with Crippen LogP contribution in [0.5, 0.6) is 0 Å². The van der Waals surface area contributed by atoms with E-state index in [1.54, 1.807) is 0 Å². The molecule has 0 spiro atoms. The summed E-state index contributed by atoms with van der Waals surface area (Å²) in [4.78, 5) is 0. The first-order valence-corrected chi connectivity index (χ1v) is 8.34. The van der Waals surface area contributed by atoms with Crippen molar-refractivity contribution >= 4 is 0 Å². The summed E-state index contributed by atoms with van der Waals surface area (Å²) in [6.07, 6.45) is 7.66. The minimum atomic E-state index is -0.0864. The Balaban J connectivity index is 1.82. The molecule has 2 atom stereocenters. The van der Waals surface area contributed by atoms with Crippen LogP contribution in [0.3, 0.4) is 0 Å². The molecule has 2 fully saturated rings. The molecule has 1 heterocycles. The second kappa shape index (κ2) is 6.33. The van der Waals surface area contributed by atoms with Gasteiger partial charge >= 0.3 is 0 Å². The third-order valence-corrected chi connectivity index (χ3v) is 5.39. The SMILES string of the molecule is CC1CCC(COC2(CN)CCC(C(C)(C)C)CC2)O1. The fourth-order valence-corrected chi connectivity index (χ4v) is 3.69. The molecule has 2 rings (SSSR count). The second-order valence-electron chi connectivity index (χ2n) is 7.98. The Bertz CT molecular complexity index is 303. The van der Waals surface area contributed by atoms with Crippen LogP contribution < -0.4 is 5.73 Å². The molecule has 0 amide bonds. The lowest BCUT2D eigenvalue weighted by atomic mass is 9.68. The lowest BCUT2D eigenvalue weighted by Gasteiger charge is -2.43. The van der Waals surface area contributed by atoms with Crippen molar-refractivity contribution in [2.45, 2.75) is 84.0 Å². The van der Waals surface area contributed by atoms with Crippen molar-refractivity contribution < 1.29 is 9.47 Å². The topological polar surface area (TPSA) is 44.5 Å². The highest BCUT2D eigenvalue weighted by Crippen LogP contribution is 2.42. The highest BCUT2D eigenvalue weighted by molar-refractivity contribution is 4.91. The van der Waals surface area contributed by atoms with E-state index in [0.29, 0.717) is 18.1 Å². The Morgan fingerprint density at radius 3 is 2.25 bits per heavy atom. The van der Waals surface area contributed by atoms with Crippen LogP contribution >= 0.6 is 0 Å². The molecule has 0 aromatic carbocycles. The van der Waals surface area contributed by atoms with E-state index in [1.165, 1.54) is 12.8 Å². The van der Waals surface area contributed by atoms with Crippen LogP contribution in [0.25, 0.3) is 0 Å². The highest BCUT2D eigenvalue weighted by atomic mass is 16.6. The van der Waals surface area contributed by atoms with Gasteiger partial charge < -0.3 is 15.2 Å². The van der Waals surface area contributed by atoms with E-state index < -0.39 is 0 Å². The van der Waals surface area contributed by atoms with Crippen molar-refractivity contribution in [3.8, 4) is 0 Å². The van der Waals surface area contributed by atoms with Crippen molar-refractivity contribution in [3.05, 3.63) is 0 Å². The summed E-state index contributed by atoms with van der Waals surface area (Å²) in [5.41, 5.74) is 6.36. The van der Waals surface area contributed by atoms with E-state index >= 15 is 0 Å².